The van der Waals surface area contributed by atoms with Crippen LogP contribution in [0.2, 0.25) is 0 Å². The van der Waals surface area contributed by atoms with Crippen LogP contribution in [-0.4, -0.2) is 45.1 Å². The van der Waals surface area contributed by atoms with Crippen LogP contribution >= 0.6 is 0 Å². The molecule has 0 saturated heterocycles. The van der Waals surface area contributed by atoms with Crippen LogP contribution in [0, 0.1) is 0 Å². The molecule has 98 valence electrons. The highest BCUT2D eigenvalue weighted by Crippen LogP contribution is 2.12. The van der Waals surface area contributed by atoms with Gasteiger partial charge in [-0.15, -0.1) is 0 Å². The molecule has 1 amide bonds. The zero-order chi connectivity index (χ0) is 13.4. The number of benzene rings is 1. The topological polar surface area (TPSA) is 41.6 Å². The summed E-state index contributed by atoms with van der Waals surface area (Å²) in [5, 5.41) is 3.01. The number of ether oxygens (including phenoxy) is 1. The second-order valence-corrected chi connectivity index (χ2v) is 3.97. The number of hydrogen-bond acceptors (Lipinski definition) is 3. The fourth-order valence-electron chi connectivity index (χ4n) is 1.40. The van der Waals surface area contributed by atoms with Crippen LogP contribution in [-0.2, 0) is 4.79 Å². The lowest BCUT2D eigenvalue weighted by molar-refractivity contribution is -0.124. The Kier molecular flexibility index (Phi) is 5.94. The van der Waals surface area contributed by atoms with Gasteiger partial charge in [-0.05, 0) is 30.8 Å². The molecule has 0 spiro atoms. The van der Waals surface area contributed by atoms with Crippen molar-refractivity contribution in [3.8, 4) is 5.75 Å². The molecule has 1 N–H and O–H groups in total. The molecule has 0 atom stereocenters. The summed E-state index contributed by atoms with van der Waals surface area (Å²) in [6, 6.07) is 7.57. The summed E-state index contributed by atoms with van der Waals surface area (Å²) in [6.45, 7) is 1.49. The van der Waals surface area contributed by atoms with E-state index in [1.165, 1.54) is 0 Å². The summed E-state index contributed by atoms with van der Waals surface area (Å²) in [5.74, 6) is 0.811. The predicted octanol–water partition coefficient (Wildman–Crippen LogP) is 1.39. The van der Waals surface area contributed by atoms with Gasteiger partial charge in [0.2, 0.25) is 5.91 Å². The first-order valence-corrected chi connectivity index (χ1v) is 5.89. The third-order valence-corrected chi connectivity index (χ3v) is 2.61. The minimum Gasteiger partial charge on any atom is -0.497 e. The number of rotatable bonds is 6. The molecule has 0 fully saturated rings. The molecule has 1 rings (SSSR count). The van der Waals surface area contributed by atoms with Crippen LogP contribution < -0.4 is 10.1 Å². The Labute approximate surface area is 108 Å². The van der Waals surface area contributed by atoms with Crippen LogP contribution in [0.15, 0.2) is 30.3 Å². The number of nitrogens with one attached hydrogen (secondary N) is 1. The number of hydrogen-bond donors (Lipinski definition) is 1. The Balaban J connectivity index is 2.54. The number of carbonyl (C=O) groups excluding carboxylic acids is 1. The minimum atomic E-state index is 0.000989. The first-order chi connectivity index (χ1) is 8.67. The molecule has 1 aromatic rings. The number of amides is 1. The van der Waals surface area contributed by atoms with E-state index in [4.69, 9.17) is 4.74 Å². The average molecular weight is 248 g/mol. The van der Waals surface area contributed by atoms with Crippen molar-refractivity contribution >= 4 is 12.0 Å². The molecular formula is C14H20N2O2. The summed E-state index contributed by atoms with van der Waals surface area (Å²) in [5.41, 5.74) is 0.978. The van der Waals surface area contributed by atoms with Gasteiger partial charge in [0.15, 0.2) is 0 Å². The SMILES string of the molecule is CNCCN(C)C(=O)C=Cc1ccc(OC)cc1. The molecule has 0 aliphatic heterocycles. The van der Waals surface area contributed by atoms with Crippen molar-refractivity contribution in [3.05, 3.63) is 35.9 Å². The number of methoxy groups -OCH3 is 1. The van der Waals surface area contributed by atoms with Gasteiger partial charge >= 0.3 is 0 Å². The van der Waals surface area contributed by atoms with Gasteiger partial charge in [-0.2, -0.15) is 0 Å². The van der Waals surface area contributed by atoms with Crippen LogP contribution in [0.25, 0.3) is 6.08 Å². The van der Waals surface area contributed by atoms with E-state index >= 15 is 0 Å². The standard InChI is InChI=1S/C14H20N2O2/c1-15-10-11-16(2)14(17)9-6-12-4-7-13(18-3)8-5-12/h4-9,15H,10-11H2,1-3H3. The normalized spacial score (nSPS) is 10.6. The van der Waals surface area contributed by atoms with E-state index in [0.29, 0.717) is 6.54 Å². The van der Waals surface area contributed by atoms with Gasteiger partial charge in [-0.1, -0.05) is 12.1 Å². The van der Waals surface area contributed by atoms with Crippen molar-refractivity contribution < 1.29 is 9.53 Å². The summed E-state index contributed by atoms with van der Waals surface area (Å²) in [7, 11) is 5.29. The van der Waals surface area contributed by atoms with Gasteiger partial charge < -0.3 is 15.0 Å². The Morgan fingerprint density at radius 2 is 2.06 bits per heavy atom. The van der Waals surface area contributed by atoms with Gasteiger partial charge in [-0.25, -0.2) is 0 Å². The van der Waals surface area contributed by atoms with Gasteiger partial charge in [0.25, 0.3) is 0 Å². The molecule has 4 nitrogen and oxygen atoms in total. The van der Waals surface area contributed by atoms with Gasteiger partial charge in [-0.3, -0.25) is 4.79 Å². The van der Waals surface area contributed by atoms with Gasteiger partial charge in [0.1, 0.15) is 5.75 Å². The molecule has 0 heterocycles. The van der Waals surface area contributed by atoms with E-state index in [-0.39, 0.29) is 5.91 Å². The second-order valence-electron chi connectivity index (χ2n) is 3.97. The Morgan fingerprint density at radius 3 is 2.61 bits per heavy atom. The van der Waals surface area contributed by atoms with Crippen LogP contribution in [0.1, 0.15) is 5.56 Å². The largest absolute Gasteiger partial charge is 0.497 e. The number of carbonyl (C=O) groups is 1. The predicted molar refractivity (Wildman–Crippen MR) is 73.6 cm³/mol. The van der Waals surface area contributed by atoms with Crippen molar-refractivity contribution in [3.63, 3.8) is 0 Å². The first-order valence-electron chi connectivity index (χ1n) is 5.89. The van der Waals surface area contributed by atoms with E-state index in [2.05, 4.69) is 5.32 Å². The van der Waals surface area contributed by atoms with E-state index < -0.39 is 0 Å². The number of nitrogens with zero attached hydrogens (tertiary/aromatic N) is 1. The van der Waals surface area contributed by atoms with Gasteiger partial charge in [0, 0.05) is 26.2 Å². The first kappa shape index (κ1) is 14.3. The molecule has 18 heavy (non-hydrogen) atoms. The maximum absolute atomic E-state index is 11.7. The van der Waals surface area contributed by atoms with Crippen molar-refractivity contribution in [1.29, 1.82) is 0 Å². The minimum absolute atomic E-state index is 0.000989. The maximum atomic E-state index is 11.7. The van der Waals surface area contributed by atoms with Gasteiger partial charge in [0.05, 0.1) is 7.11 Å². The highest BCUT2D eigenvalue weighted by atomic mass is 16.5. The zero-order valence-corrected chi connectivity index (χ0v) is 11.1. The molecule has 0 aromatic heterocycles. The van der Waals surface area contributed by atoms with E-state index in [9.17, 15) is 4.79 Å². The van der Waals surface area contributed by atoms with Crippen LogP contribution in [0.5, 0.6) is 5.75 Å². The molecule has 0 saturated carbocycles. The molecular weight excluding hydrogens is 228 g/mol. The third-order valence-electron chi connectivity index (χ3n) is 2.61. The summed E-state index contributed by atoms with van der Waals surface area (Å²) < 4.78 is 5.07. The summed E-state index contributed by atoms with van der Waals surface area (Å²) >= 11 is 0. The Hall–Kier alpha value is -1.81. The average Bonchev–Trinajstić information content (AvgIpc) is 2.42. The molecule has 0 radical (unpaired) electrons. The smallest absolute Gasteiger partial charge is 0.246 e. The highest BCUT2D eigenvalue weighted by molar-refractivity contribution is 5.91. The van der Waals surface area contributed by atoms with E-state index in [0.717, 1.165) is 17.9 Å². The molecule has 0 aliphatic rings. The fraction of sp³-hybridized carbons (Fsp3) is 0.357. The van der Waals surface area contributed by atoms with Crippen molar-refractivity contribution in [2.24, 2.45) is 0 Å². The maximum Gasteiger partial charge on any atom is 0.246 e. The fourth-order valence-corrected chi connectivity index (χ4v) is 1.40. The summed E-state index contributed by atoms with van der Waals surface area (Å²) in [6.07, 6.45) is 3.38. The van der Waals surface area contributed by atoms with Crippen molar-refractivity contribution in [1.82, 2.24) is 10.2 Å². The van der Waals surface area contributed by atoms with Crippen molar-refractivity contribution in [2.45, 2.75) is 0 Å². The Bertz CT molecular complexity index is 399. The van der Waals surface area contributed by atoms with Crippen LogP contribution in [0.3, 0.4) is 0 Å². The molecule has 4 heteroatoms. The monoisotopic (exact) mass is 248 g/mol. The van der Waals surface area contributed by atoms with E-state index in [1.807, 2.05) is 31.3 Å². The van der Waals surface area contributed by atoms with Crippen molar-refractivity contribution in [2.75, 3.05) is 34.3 Å². The lowest BCUT2D eigenvalue weighted by atomic mass is 10.2. The van der Waals surface area contributed by atoms with Crippen LogP contribution in [0.4, 0.5) is 0 Å². The highest BCUT2D eigenvalue weighted by Gasteiger charge is 2.02. The molecule has 0 bridgehead atoms. The number of likely N-dealkylation sites (N-methyl/N-ethyl adjacent to an activating group) is 2. The van der Waals surface area contributed by atoms with E-state index in [1.54, 1.807) is 31.2 Å². The second kappa shape index (κ2) is 7.50. The third kappa shape index (κ3) is 4.59. The molecule has 0 aliphatic carbocycles. The zero-order valence-electron chi connectivity index (χ0n) is 11.1. The molecule has 1 aromatic carbocycles. The Morgan fingerprint density at radius 1 is 1.39 bits per heavy atom. The molecule has 0 unspecified atom stereocenters. The quantitative estimate of drug-likeness (QED) is 0.773. The lowest BCUT2D eigenvalue weighted by Gasteiger charge is -2.14. The lowest BCUT2D eigenvalue weighted by Crippen LogP contribution is -2.31. The summed E-state index contributed by atoms with van der Waals surface area (Å²) in [4.78, 5) is 13.4.